The first kappa shape index (κ1) is 15.1. The fourth-order valence-corrected chi connectivity index (χ4v) is 1.30. The minimum atomic E-state index is -0.660. The molecular formula is C16H20O3. The van der Waals surface area contributed by atoms with Gasteiger partial charge in [0.25, 0.3) is 0 Å². The zero-order valence-corrected chi connectivity index (χ0v) is 11.2. The second-order valence-corrected chi connectivity index (χ2v) is 3.99. The summed E-state index contributed by atoms with van der Waals surface area (Å²) in [6, 6.07) is 9.38. The van der Waals surface area contributed by atoms with Crippen LogP contribution in [0.4, 0.5) is 0 Å². The molecule has 0 saturated carbocycles. The van der Waals surface area contributed by atoms with Crippen LogP contribution in [-0.2, 0) is 4.74 Å². The first-order chi connectivity index (χ1) is 9.22. The van der Waals surface area contributed by atoms with Gasteiger partial charge in [0.1, 0.15) is 25.1 Å². The lowest BCUT2D eigenvalue weighted by molar-refractivity contribution is 0.0381. The van der Waals surface area contributed by atoms with Crippen molar-refractivity contribution < 1.29 is 14.6 Å². The third kappa shape index (κ3) is 7.11. The Labute approximate surface area is 114 Å². The molecule has 0 aliphatic carbocycles. The maximum Gasteiger partial charge on any atom is 0.122 e. The number of benzene rings is 1. The number of allylic oxidation sites excluding steroid dienone is 5. The third-order valence-electron chi connectivity index (χ3n) is 2.27. The summed E-state index contributed by atoms with van der Waals surface area (Å²) in [7, 11) is 0. The zero-order chi connectivity index (χ0) is 13.9. The first-order valence-electron chi connectivity index (χ1n) is 6.17. The molecule has 1 aromatic carbocycles. The van der Waals surface area contributed by atoms with Gasteiger partial charge in [-0.3, -0.25) is 0 Å². The van der Waals surface area contributed by atoms with Crippen LogP contribution in [0.3, 0.4) is 0 Å². The number of aliphatic hydroxyl groups is 1. The Kier molecular flexibility index (Phi) is 7.13. The molecule has 0 heterocycles. The predicted molar refractivity (Wildman–Crippen MR) is 77.0 cm³/mol. The molecule has 3 nitrogen and oxygen atoms in total. The highest BCUT2D eigenvalue weighted by Crippen LogP contribution is 2.08. The Morgan fingerprint density at radius 3 is 2.68 bits per heavy atom. The largest absolute Gasteiger partial charge is 0.495 e. The van der Waals surface area contributed by atoms with Crippen LogP contribution in [0.1, 0.15) is 6.92 Å². The number of para-hydroxylation sites is 1. The second kappa shape index (κ2) is 9.00. The molecule has 102 valence electrons. The van der Waals surface area contributed by atoms with Gasteiger partial charge in [0.05, 0.1) is 5.76 Å². The molecule has 1 rings (SSSR count). The Hall–Kier alpha value is -2.00. The van der Waals surface area contributed by atoms with E-state index < -0.39 is 6.10 Å². The van der Waals surface area contributed by atoms with Gasteiger partial charge in [-0.2, -0.15) is 0 Å². The van der Waals surface area contributed by atoms with Crippen LogP contribution in [0.2, 0.25) is 0 Å². The summed E-state index contributed by atoms with van der Waals surface area (Å²) >= 11 is 0. The quantitative estimate of drug-likeness (QED) is 0.576. The van der Waals surface area contributed by atoms with Crippen molar-refractivity contribution >= 4 is 0 Å². The average Bonchev–Trinajstić information content (AvgIpc) is 2.44. The van der Waals surface area contributed by atoms with Gasteiger partial charge in [-0.05, 0) is 25.1 Å². The van der Waals surface area contributed by atoms with Crippen LogP contribution in [0.5, 0.6) is 5.75 Å². The van der Waals surface area contributed by atoms with Crippen molar-refractivity contribution in [1.82, 2.24) is 0 Å². The molecule has 0 saturated heterocycles. The molecule has 1 N–H and O–H groups in total. The lowest BCUT2D eigenvalue weighted by atomic mass is 10.3. The van der Waals surface area contributed by atoms with Crippen LogP contribution >= 0.6 is 0 Å². The molecule has 1 aromatic rings. The number of rotatable bonds is 8. The molecule has 0 bridgehead atoms. The fraction of sp³-hybridized carbons (Fsp3) is 0.250. The molecule has 3 heteroatoms. The van der Waals surface area contributed by atoms with Gasteiger partial charge in [0.15, 0.2) is 0 Å². The summed E-state index contributed by atoms with van der Waals surface area (Å²) in [5, 5.41) is 9.72. The molecule has 1 atom stereocenters. The van der Waals surface area contributed by atoms with Crippen LogP contribution in [-0.4, -0.2) is 24.4 Å². The number of hydrogen-bond acceptors (Lipinski definition) is 3. The molecular weight excluding hydrogens is 240 g/mol. The van der Waals surface area contributed by atoms with Gasteiger partial charge in [-0.1, -0.05) is 43.0 Å². The summed E-state index contributed by atoms with van der Waals surface area (Å²) in [5.74, 6) is 1.47. The van der Waals surface area contributed by atoms with Crippen molar-refractivity contribution in [3.8, 4) is 5.75 Å². The maximum absolute atomic E-state index is 9.72. The summed E-state index contributed by atoms with van der Waals surface area (Å²) in [6.07, 6.45) is 6.47. The Bertz CT molecular complexity index is 421. The van der Waals surface area contributed by atoms with E-state index >= 15 is 0 Å². The highest BCUT2D eigenvalue weighted by Gasteiger charge is 2.05. The molecule has 0 fully saturated rings. The SMILES string of the molecule is C=C/C=C\C=C(/C)OCC(O)COc1ccccc1. The lowest BCUT2D eigenvalue weighted by Crippen LogP contribution is -2.23. The van der Waals surface area contributed by atoms with Crippen LogP contribution in [0.25, 0.3) is 0 Å². The summed E-state index contributed by atoms with van der Waals surface area (Å²) in [4.78, 5) is 0. The van der Waals surface area contributed by atoms with E-state index in [1.807, 2.05) is 55.5 Å². The van der Waals surface area contributed by atoms with Crippen molar-refractivity contribution in [1.29, 1.82) is 0 Å². The van der Waals surface area contributed by atoms with Crippen LogP contribution in [0.15, 0.2) is 67.0 Å². The summed E-state index contributed by atoms with van der Waals surface area (Å²) < 4.78 is 10.8. The van der Waals surface area contributed by atoms with E-state index in [0.717, 1.165) is 11.5 Å². The molecule has 0 amide bonds. The highest BCUT2D eigenvalue weighted by molar-refractivity contribution is 5.20. The molecule has 0 radical (unpaired) electrons. The van der Waals surface area contributed by atoms with Crippen molar-refractivity contribution in [2.24, 2.45) is 0 Å². The number of ether oxygens (including phenoxy) is 2. The van der Waals surface area contributed by atoms with Crippen molar-refractivity contribution in [2.45, 2.75) is 13.0 Å². The van der Waals surface area contributed by atoms with Gasteiger partial charge in [-0.15, -0.1) is 0 Å². The minimum absolute atomic E-state index is 0.205. The normalized spacial score (nSPS) is 13.3. The van der Waals surface area contributed by atoms with Crippen molar-refractivity contribution in [2.75, 3.05) is 13.2 Å². The highest BCUT2D eigenvalue weighted by atomic mass is 16.5. The third-order valence-corrected chi connectivity index (χ3v) is 2.27. The van der Waals surface area contributed by atoms with Gasteiger partial charge in [0, 0.05) is 0 Å². The molecule has 0 aromatic heterocycles. The van der Waals surface area contributed by atoms with E-state index in [-0.39, 0.29) is 13.2 Å². The fourth-order valence-electron chi connectivity index (χ4n) is 1.30. The second-order valence-electron chi connectivity index (χ2n) is 3.99. The molecule has 0 aliphatic heterocycles. The topological polar surface area (TPSA) is 38.7 Å². The molecule has 0 spiro atoms. The maximum atomic E-state index is 9.72. The minimum Gasteiger partial charge on any atom is -0.495 e. The van der Waals surface area contributed by atoms with E-state index in [4.69, 9.17) is 9.47 Å². The van der Waals surface area contributed by atoms with E-state index in [9.17, 15) is 5.11 Å². The van der Waals surface area contributed by atoms with E-state index in [2.05, 4.69) is 6.58 Å². The summed E-state index contributed by atoms with van der Waals surface area (Å²) in [5.41, 5.74) is 0. The average molecular weight is 260 g/mol. The van der Waals surface area contributed by atoms with Gasteiger partial charge in [-0.25, -0.2) is 0 Å². The van der Waals surface area contributed by atoms with Gasteiger partial charge in [0.2, 0.25) is 0 Å². The Balaban J connectivity index is 2.24. The molecule has 19 heavy (non-hydrogen) atoms. The van der Waals surface area contributed by atoms with Crippen LogP contribution in [0, 0.1) is 0 Å². The predicted octanol–water partition coefficient (Wildman–Crippen LogP) is 3.09. The van der Waals surface area contributed by atoms with Crippen molar-refractivity contribution in [3.05, 3.63) is 67.0 Å². The van der Waals surface area contributed by atoms with E-state index in [1.165, 1.54) is 0 Å². The van der Waals surface area contributed by atoms with Gasteiger partial charge < -0.3 is 14.6 Å². The molecule has 1 unspecified atom stereocenters. The van der Waals surface area contributed by atoms with E-state index in [0.29, 0.717) is 0 Å². The zero-order valence-electron chi connectivity index (χ0n) is 11.2. The number of aliphatic hydroxyl groups excluding tert-OH is 1. The Morgan fingerprint density at radius 1 is 1.26 bits per heavy atom. The van der Waals surface area contributed by atoms with Crippen LogP contribution < -0.4 is 4.74 Å². The first-order valence-corrected chi connectivity index (χ1v) is 6.17. The van der Waals surface area contributed by atoms with Crippen molar-refractivity contribution in [3.63, 3.8) is 0 Å². The standard InChI is InChI=1S/C16H20O3/c1-3-4-6-9-14(2)18-12-15(17)13-19-16-10-7-5-8-11-16/h3-11,15,17H,1,12-13H2,2H3/b6-4-,14-9+. The Morgan fingerprint density at radius 2 is 2.00 bits per heavy atom. The monoisotopic (exact) mass is 260 g/mol. The van der Waals surface area contributed by atoms with Gasteiger partial charge >= 0.3 is 0 Å². The lowest BCUT2D eigenvalue weighted by Gasteiger charge is -2.13. The van der Waals surface area contributed by atoms with E-state index in [1.54, 1.807) is 6.08 Å². The summed E-state index contributed by atoms with van der Waals surface area (Å²) in [6.45, 7) is 5.82. The number of hydrogen-bond donors (Lipinski definition) is 1. The molecule has 0 aliphatic rings. The smallest absolute Gasteiger partial charge is 0.122 e.